The van der Waals surface area contributed by atoms with Crippen LogP contribution in [0.4, 0.5) is 0 Å². The molecule has 0 aliphatic carbocycles. The normalized spacial score (nSPS) is 20.0. The Morgan fingerprint density at radius 2 is 2.04 bits per heavy atom. The number of nitrogens with two attached hydrogens (primary N) is 1. The van der Waals surface area contributed by atoms with Crippen LogP contribution in [0.3, 0.4) is 0 Å². The van der Waals surface area contributed by atoms with Gasteiger partial charge in [-0.1, -0.05) is 6.07 Å². The molecule has 2 atom stereocenters. The van der Waals surface area contributed by atoms with Gasteiger partial charge in [-0.3, -0.25) is 9.59 Å². The SMILES string of the molecule is Cc1ccc(S(=O)(=O)N2CCC[C@@H]2C(=O)O)cc1C[C@H](N)C(=O)O. The summed E-state index contributed by atoms with van der Waals surface area (Å²) < 4.78 is 26.5. The van der Waals surface area contributed by atoms with Crippen molar-refractivity contribution in [3.63, 3.8) is 0 Å². The monoisotopic (exact) mass is 356 g/mol. The molecule has 0 spiro atoms. The zero-order valence-electron chi connectivity index (χ0n) is 13.2. The summed E-state index contributed by atoms with van der Waals surface area (Å²) in [5.74, 6) is -2.34. The van der Waals surface area contributed by atoms with Crippen LogP contribution in [0.15, 0.2) is 23.1 Å². The molecule has 0 amide bonds. The molecule has 0 aromatic heterocycles. The lowest BCUT2D eigenvalue weighted by Crippen LogP contribution is -2.40. The minimum atomic E-state index is -3.96. The molecule has 1 aromatic carbocycles. The van der Waals surface area contributed by atoms with Crippen molar-refractivity contribution < 1.29 is 28.2 Å². The first-order chi connectivity index (χ1) is 11.1. The lowest BCUT2D eigenvalue weighted by atomic mass is 10.0. The van der Waals surface area contributed by atoms with Crippen LogP contribution in [0.5, 0.6) is 0 Å². The second-order valence-electron chi connectivity index (χ2n) is 5.85. The Morgan fingerprint density at radius 1 is 1.38 bits per heavy atom. The summed E-state index contributed by atoms with van der Waals surface area (Å²) in [5.41, 5.74) is 6.76. The van der Waals surface area contributed by atoms with Gasteiger partial charge in [0.15, 0.2) is 0 Å². The van der Waals surface area contributed by atoms with Gasteiger partial charge < -0.3 is 15.9 Å². The Labute approximate surface area is 139 Å². The van der Waals surface area contributed by atoms with Crippen molar-refractivity contribution in [2.45, 2.75) is 43.2 Å². The number of carboxylic acids is 2. The number of hydrogen-bond donors (Lipinski definition) is 3. The van der Waals surface area contributed by atoms with E-state index in [-0.39, 0.29) is 24.3 Å². The number of carboxylic acid groups (broad SMARTS) is 2. The Morgan fingerprint density at radius 3 is 2.62 bits per heavy atom. The van der Waals surface area contributed by atoms with Gasteiger partial charge in [0.05, 0.1) is 4.90 Å². The van der Waals surface area contributed by atoms with E-state index in [1.54, 1.807) is 13.0 Å². The van der Waals surface area contributed by atoms with Gasteiger partial charge in [0.25, 0.3) is 0 Å². The molecule has 1 aliphatic rings. The third-order valence-electron chi connectivity index (χ3n) is 4.17. The van der Waals surface area contributed by atoms with Gasteiger partial charge in [-0.25, -0.2) is 8.42 Å². The highest BCUT2D eigenvalue weighted by molar-refractivity contribution is 7.89. The highest BCUT2D eigenvalue weighted by atomic mass is 32.2. The molecule has 9 heteroatoms. The van der Waals surface area contributed by atoms with Crippen molar-refractivity contribution in [3.8, 4) is 0 Å². The van der Waals surface area contributed by atoms with Crippen LogP contribution in [0.2, 0.25) is 0 Å². The number of aliphatic carboxylic acids is 2. The van der Waals surface area contributed by atoms with E-state index in [1.807, 2.05) is 0 Å². The fourth-order valence-corrected chi connectivity index (χ4v) is 4.46. The molecule has 8 nitrogen and oxygen atoms in total. The van der Waals surface area contributed by atoms with Gasteiger partial charge in [0.2, 0.25) is 10.0 Å². The summed E-state index contributed by atoms with van der Waals surface area (Å²) in [6, 6.07) is 2.15. The van der Waals surface area contributed by atoms with Crippen molar-refractivity contribution >= 4 is 22.0 Å². The number of hydrogen-bond acceptors (Lipinski definition) is 5. The smallest absolute Gasteiger partial charge is 0.322 e. The number of rotatable bonds is 6. The Hall–Kier alpha value is -1.97. The van der Waals surface area contributed by atoms with Crippen molar-refractivity contribution in [1.29, 1.82) is 0 Å². The third-order valence-corrected chi connectivity index (χ3v) is 6.08. The molecule has 1 heterocycles. The van der Waals surface area contributed by atoms with Crippen molar-refractivity contribution in [2.24, 2.45) is 5.73 Å². The Balaban J connectivity index is 2.37. The van der Waals surface area contributed by atoms with E-state index < -0.39 is 34.0 Å². The molecule has 1 aromatic rings. The van der Waals surface area contributed by atoms with Crippen molar-refractivity contribution in [1.82, 2.24) is 4.31 Å². The quantitative estimate of drug-likeness (QED) is 0.661. The summed E-state index contributed by atoms with van der Waals surface area (Å²) in [4.78, 5) is 22.1. The summed E-state index contributed by atoms with van der Waals surface area (Å²) in [5, 5.41) is 18.1. The molecule has 0 unspecified atom stereocenters. The lowest BCUT2D eigenvalue weighted by molar-refractivity contribution is -0.141. The van der Waals surface area contributed by atoms with Gasteiger partial charge in [-0.2, -0.15) is 4.31 Å². The number of nitrogens with zero attached hydrogens (tertiary/aromatic N) is 1. The van der Waals surface area contributed by atoms with Crippen LogP contribution in [-0.4, -0.2) is 53.5 Å². The second kappa shape index (κ2) is 6.88. The largest absolute Gasteiger partial charge is 0.480 e. The fourth-order valence-electron chi connectivity index (χ4n) is 2.76. The van der Waals surface area contributed by atoms with Gasteiger partial charge >= 0.3 is 11.9 Å². The fraction of sp³-hybridized carbons (Fsp3) is 0.467. The molecule has 1 fully saturated rings. The van der Waals surface area contributed by atoms with Crippen LogP contribution < -0.4 is 5.73 Å². The third kappa shape index (κ3) is 3.58. The van der Waals surface area contributed by atoms with E-state index in [4.69, 9.17) is 10.8 Å². The highest BCUT2D eigenvalue weighted by Gasteiger charge is 2.39. The van der Waals surface area contributed by atoms with E-state index in [0.29, 0.717) is 12.0 Å². The van der Waals surface area contributed by atoms with Crippen molar-refractivity contribution in [2.75, 3.05) is 6.54 Å². The molecular formula is C15H20N2O6S. The van der Waals surface area contributed by atoms with Crippen LogP contribution in [-0.2, 0) is 26.0 Å². The number of benzene rings is 1. The average Bonchev–Trinajstić information content (AvgIpc) is 2.99. The summed E-state index contributed by atoms with van der Waals surface area (Å²) >= 11 is 0. The summed E-state index contributed by atoms with van der Waals surface area (Å²) in [7, 11) is -3.96. The van der Waals surface area contributed by atoms with Crippen LogP contribution >= 0.6 is 0 Å². The van der Waals surface area contributed by atoms with Crippen LogP contribution in [0.1, 0.15) is 24.0 Å². The summed E-state index contributed by atoms with van der Waals surface area (Å²) in [6.45, 7) is 1.88. The van der Waals surface area contributed by atoms with E-state index in [0.717, 1.165) is 9.87 Å². The van der Waals surface area contributed by atoms with Crippen molar-refractivity contribution in [3.05, 3.63) is 29.3 Å². The zero-order chi connectivity index (χ0) is 18.1. The van der Waals surface area contributed by atoms with Gasteiger partial charge in [0, 0.05) is 6.54 Å². The first kappa shape index (κ1) is 18.4. The topological polar surface area (TPSA) is 138 Å². The predicted octanol–water partition coefficient (Wildman–Crippen LogP) is 0.187. The Kier molecular flexibility index (Phi) is 5.26. The minimum Gasteiger partial charge on any atom is -0.480 e. The van der Waals surface area contributed by atoms with Gasteiger partial charge in [-0.05, 0) is 49.4 Å². The molecule has 1 saturated heterocycles. The number of aryl methyl sites for hydroxylation is 1. The molecule has 132 valence electrons. The molecule has 2 rings (SSSR count). The minimum absolute atomic E-state index is 0.00706. The molecule has 0 bridgehead atoms. The van der Waals surface area contributed by atoms with Gasteiger partial charge in [-0.15, -0.1) is 0 Å². The second-order valence-corrected chi connectivity index (χ2v) is 7.74. The zero-order valence-corrected chi connectivity index (χ0v) is 14.0. The maximum absolute atomic E-state index is 12.7. The Bertz CT molecular complexity index is 761. The number of sulfonamides is 1. The standard InChI is InChI=1S/C15H20N2O6S/c1-9-4-5-11(7-10(9)8-12(16)14(18)19)24(22,23)17-6-2-3-13(17)15(20)21/h4-5,7,12-13H,2-3,6,8,16H2,1H3,(H,18,19)(H,20,21)/t12-,13+/m0/s1. The first-order valence-electron chi connectivity index (χ1n) is 7.47. The molecule has 24 heavy (non-hydrogen) atoms. The van der Waals surface area contributed by atoms with E-state index in [9.17, 15) is 23.1 Å². The first-order valence-corrected chi connectivity index (χ1v) is 8.91. The molecule has 0 radical (unpaired) electrons. The van der Waals surface area contributed by atoms with E-state index >= 15 is 0 Å². The summed E-state index contributed by atoms with van der Waals surface area (Å²) in [6.07, 6.45) is 0.753. The maximum Gasteiger partial charge on any atom is 0.322 e. The molecule has 1 aliphatic heterocycles. The maximum atomic E-state index is 12.7. The van der Waals surface area contributed by atoms with Crippen LogP contribution in [0.25, 0.3) is 0 Å². The average molecular weight is 356 g/mol. The molecule has 4 N–H and O–H groups in total. The molecule has 0 saturated carbocycles. The number of carbonyl (C=O) groups is 2. The highest BCUT2D eigenvalue weighted by Crippen LogP contribution is 2.27. The van der Waals surface area contributed by atoms with Gasteiger partial charge in [0.1, 0.15) is 12.1 Å². The van der Waals surface area contributed by atoms with E-state index in [2.05, 4.69) is 0 Å². The predicted molar refractivity (Wildman–Crippen MR) is 85.0 cm³/mol. The lowest BCUT2D eigenvalue weighted by Gasteiger charge is -2.21. The van der Waals surface area contributed by atoms with Crippen LogP contribution in [0, 0.1) is 6.92 Å². The molecular weight excluding hydrogens is 336 g/mol. The van der Waals surface area contributed by atoms with E-state index in [1.165, 1.54) is 12.1 Å².